The Morgan fingerprint density at radius 2 is 2.15 bits per heavy atom. The monoisotopic (exact) mass is 375 g/mol. The summed E-state index contributed by atoms with van der Waals surface area (Å²) in [6.45, 7) is 6.35. The second-order valence-corrected chi connectivity index (χ2v) is 8.22. The Hall–Kier alpha value is -1.99. The first-order valence-corrected chi connectivity index (χ1v) is 10.1. The van der Waals surface area contributed by atoms with Gasteiger partial charge in [0, 0.05) is 17.9 Å². The third-order valence-corrected chi connectivity index (χ3v) is 6.32. The molecule has 7 heteroatoms. The molecular weight excluding hydrogens is 351 g/mol. The number of benzene rings is 1. The molecule has 3 heterocycles. The molecule has 0 bridgehead atoms. The molecule has 2 aromatic heterocycles. The van der Waals surface area contributed by atoms with Crippen LogP contribution in [0, 0.1) is 11.7 Å². The van der Waals surface area contributed by atoms with E-state index in [1.165, 1.54) is 34.8 Å². The molecule has 1 saturated heterocycles. The molecule has 1 aliphatic rings. The van der Waals surface area contributed by atoms with Gasteiger partial charge in [0.1, 0.15) is 10.7 Å². The van der Waals surface area contributed by atoms with Gasteiger partial charge in [0.05, 0.1) is 13.1 Å². The Morgan fingerprint density at radius 3 is 2.81 bits per heavy atom. The Bertz CT molecular complexity index is 904. The normalized spacial score (nSPS) is 22.0. The van der Waals surface area contributed by atoms with E-state index in [0.29, 0.717) is 10.9 Å². The van der Waals surface area contributed by atoms with Crippen molar-refractivity contribution in [3.8, 4) is 5.88 Å². The molecule has 0 saturated carbocycles. The minimum Gasteiger partial charge on any atom is -0.492 e. The van der Waals surface area contributed by atoms with E-state index >= 15 is 0 Å². The largest absolute Gasteiger partial charge is 0.492 e. The number of nitrogens with zero attached hydrogens (tertiary/aromatic N) is 3. The van der Waals surface area contributed by atoms with Gasteiger partial charge in [0.25, 0.3) is 0 Å². The predicted octanol–water partition coefficient (Wildman–Crippen LogP) is 2.60. The standard InChI is InChI=1S/C19H23FN4OS/c1-3-15-21-19-24(22-15)18(25)17(26-19)16(13-6-8-14(20)9-7-13)23-10-4-5-12(2)11-23/h6-9,12,16,25H,3-5,10-11H2,1-2H3/p+1/t12-,16+/m0/s1. The smallest absolute Gasteiger partial charge is 0.235 e. The van der Waals surface area contributed by atoms with Crippen molar-refractivity contribution in [3.63, 3.8) is 0 Å². The SMILES string of the molecule is CCc1nc2sc([C@@H](c3ccc(F)cc3)[NH+]3CCC[C@H](C)C3)c(O)n2n1. The second kappa shape index (κ2) is 6.96. The molecule has 3 atom stereocenters. The highest BCUT2D eigenvalue weighted by molar-refractivity contribution is 7.17. The van der Waals surface area contributed by atoms with Gasteiger partial charge in [-0.2, -0.15) is 4.52 Å². The van der Waals surface area contributed by atoms with Crippen molar-refractivity contribution < 1.29 is 14.4 Å². The molecule has 1 aliphatic heterocycles. The molecule has 1 fully saturated rings. The molecule has 0 aliphatic carbocycles. The topological polar surface area (TPSA) is 54.9 Å². The van der Waals surface area contributed by atoms with Crippen molar-refractivity contribution in [2.75, 3.05) is 13.1 Å². The number of hydrogen-bond donors (Lipinski definition) is 2. The zero-order valence-corrected chi connectivity index (χ0v) is 15.9. The van der Waals surface area contributed by atoms with Crippen molar-refractivity contribution in [1.82, 2.24) is 14.6 Å². The first kappa shape index (κ1) is 17.4. The lowest BCUT2D eigenvalue weighted by Gasteiger charge is -2.34. The van der Waals surface area contributed by atoms with Crippen LogP contribution < -0.4 is 4.90 Å². The fraction of sp³-hybridized carbons (Fsp3) is 0.474. The highest BCUT2D eigenvalue weighted by Crippen LogP contribution is 2.35. The van der Waals surface area contributed by atoms with Gasteiger partial charge in [-0.3, -0.25) is 0 Å². The number of piperidine rings is 1. The first-order chi connectivity index (χ1) is 12.6. The van der Waals surface area contributed by atoms with E-state index in [-0.39, 0.29) is 17.7 Å². The van der Waals surface area contributed by atoms with Gasteiger partial charge < -0.3 is 10.0 Å². The van der Waals surface area contributed by atoms with E-state index in [9.17, 15) is 9.50 Å². The third-order valence-electron chi connectivity index (χ3n) is 5.24. The lowest BCUT2D eigenvalue weighted by Crippen LogP contribution is -3.13. The lowest BCUT2D eigenvalue weighted by molar-refractivity contribution is -0.933. The molecule has 0 amide bonds. The number of aryl methyl sites for hydroxylation is 1. The van der Waals surface area contributed by atoms with E-state index in [0.717, 1.165) is 42.2 Å². The number of rotatable bonds is 4. The molecule has 3 aromatic rings. The Balaban J connectivity index is 1.80. The number of thiazole rings is 1. The summed E-state index contributed by atoms with van der Waals surface area (Å²) in [6, 6.07) is 6.63. The quantitative estimate of drug-likeness (QED) is 0.737. The van der Waals surface area contributed by atoms with Gasteiger partial charge in [-0.05, 0) is 37.1 Å². The van der Waals surface area contributed by atoms with Gasteiger partial charge in [-0.25, -0.2) is 9.37 Å². The summed E-state index contributed by atoms with van der Waals surface area (Å²) in [4.78, 5) is 7.49. The minimum absolute atomic E-state index is 0.0306. The molecule has 5 nitrogen and oxygen atoms in total. The number of hydrogen-bond acceptors (Lipinski definition) is 4. The van der Waals surface area contributed by atoms with Crippen molar-refractivity contribution >= 4 is 16.3 Å². The number of aromatic hydroxyl groups is 1. The number of halogens is 1. The van der Waals surface area contributed by atoms with E-state index < -0.39 is 0 Å². The zero-order chi connectivity index (χ0) is 18.3. The van der Waals surface area contributed by atoms with Gasteiger partial charge in [0.15, 0.2) is 11.9 Å². The number of fused-ring (bicyclic) bond motifs is 1. The third kappa shape index (κ3) is 3.10. The van der Waals surface area contributed by atoms with Crippen molar-refractivity contribution in [3.05, 3.63) is 46.3 Å². The molecule has 4 rings (SSSR count). The average molecular weight is 375 g/mol. The Kier molecular flexibility index (Phi) is 4.67. The number of quaternary nitrogens is 1. The molecule has 2 N–H and O–H groups in total. The fourth-order valence-electron chi connectivity index (χ4n) is 3.95. The van der Waals surface area contributed by atoms with Gasteiger partial charge in [-0.15, -0.1) is 5.10 Å². The first-order valence-electron chi connectivity index (χ1n) is 9.24. The van der Waals surface area contributed by atoms with E-state index in [2.05, 4.69) is 17.0 Å². The van der Waals surface area contributed by atoms with Crippen LogP contribution in [0.5, 0.6) is 5.88 Å². The van der Waals surface area contributed by atoms with Gasteiger partial charge in [0.2, 0.25) is 10.8 Å². The van der Waals surface area contributed by atoms with E-state index in [1.807, 2.05) is 19.1 Å². The Labute approximate surface area is 156 Å². The van der Waals surface area contributed by atoms with Crippen molar-refractivity contribution in [1.29, 1.82) is 0 Å². The van der Waals surface area contributed by atoms with Crippen LogP contribution in [0.1, 0.15) is 49.0 Å². The molecule has 0 spiro atoms. The average Bonchev–Trinajstić information content (AvgIpc) is 3.17. The van der Waals surface area contributed by atoms with Crippen LogP contribution in [0.15, 0.2) is 24.3 Å². The fourth-order valence-corrected chi connectivity index (χ4v) is 5.11. The number of likely N-dealkylation sites (tertiary alicyclic amines) is 1. The minimum atomic E-state index is -0.242. The van der Waals surface area contributed by atoms with Crippen LogP contribution in [0.3, 0.4) is 0 Å². The molecule has 1 aromatic carbocycles. The summed E-state index contributed by atoms with van der Waals surface area (Å²) in [7, 11) is 0. The summed E-state index contributed by atoms with van der Waals surface area (Å²) in [5, 5.41) is 15.3. The van der Waals surface area contributed by atoms with Crippen LogP contribution in [0.4, 0.5) is 4.39 Å². The summed E-state index contributed by atoms with van der Waals surface area (Å²) >= 11 is 1.49. The summed E-state index contributed by atoms with van der Waals surface area (Å²) < 4.78 is 15.0. The van der Waals surface area contributed by atoms with Crippen molar-refractivity contribution in [2.45, 2.75) is 39.2 Å². The summed E-state index contributed by atoms with van der Waals surface area (Å²) in [6.07, 6.45) is 3.13. The molecule has 26 heavy (non-hydrogen) atoms. The van der Waals surface area contributed by atoms with Crippen LogP contribution in [-0.4, -0.2) is 32.8 Å². The summed E-state index contributed by atoms with van der Waals surface area (Å²) in [5.74, 6) is 1.29. The maximum absolute atomic E-state index is 13.5. The molecule has 1 unspecified atom stereocenters. The number of aromatic nitrogens is 3. The maximum Gasteiger partial charge on any atom is 0.235 e. The van der Waals surface area contributed by atoms with Crippen LogP contribution in [0.25, 0.3) is 4.96 Å². The van der Waals surface area contributed by atoms with Crippen molar-refractivity contribution in [2.24, 2.45) is 5.92 Å². The van der Waals surface area contributed by atoms with Gasteiger partial charge >= 0.3 is 0 Å². The predicted molar refractivity (Wildman–Crippen MR) is 99.2 cm³/mol. The van der Waals surface area contributed by atoms with E-state index in [1.54, 1.807) is 4.52 Å². The maximum atomic E-state index is 13.5. The molecule has 0 radical (unpaired) electrons. The summed E-state index contributed by atoms with van der Waals surface area (Å²) in [5.41, 5.74) is 1.02. The Morgan fingerprint density at radius 1 is 1.38 bits per heavy atom. The highest BCUT2D eigenvalue weighted by Gasteiger charge is 2.35. The highest BCUT2D eigenvalue weighted by atomic mass is 32.1. The lowest BCUT2D eigenvalue weighted by atomic mass is 9.95. The van der Waals surface area contributed by atoms with Gasteiger partial charge in [-0.1, -0.05) is 25.2 Å². The number of nitrogens with one attached hydrogen (secondary N) is 1. The molecule has 138 valence electrons. The van der Waals surface area contributed by atoms with Crippen LogP contribution in [0.2, 0.25) is 0 Å². The van der Waals surface area contributed by atoms with Crippen LogP contribution in [-0.2, 0) is 6.42 Å². The second-order valence-electron chi connectivity index (χ2n) is 7.21. The van der Waals surface area contributed by atoms with E-state index in [4.69, 9.17) is 0 Å². The molecular formula is C19H24FN4OS+. The zero-order valence-electron chi connectivity index (χ0n) is 15.1. The van der Waals surface area contributed by atoms with Crippen LogP contribution >= 0.6 is 11.3 Å².